The van der Waals surface area contributed by atoms with Crippen LogP contribution < -0.4 is 9.64 Å². The summed E-state index contributed by atoms with van der Waals surface area (Å²) in [5.41, 5.74) is -1.54. The molecule has 0 spiro atoms. The molecule has 14 nitrogen and oxygen atoms in total. The summed E-state index contributed by atoms with van der Waals surface area (Å²) in [6, 6.07) is 3.62. The van der Waals surface area contributed by atoms with Gasteiger partial charge in [-0.2, -0.15) is 10.00 Å². The number of carbonyl (C=O) groups is 3. The van der Waals surface area contributed by atoms with E-state index in [1.807, 2.05) is 20.8 Å². The monoisotopic (exact) mass is 835 g/mol. The van der Waals surface area contributed by atoms with Crippen LogP contribution in [0.2, 0.25) is 10.0 Å². The lowest BCUT2D eigenvalue weighted by Crippen LogP contribution is -2.44. The van der Waals surface area contributed by atoms with E-state index in [2.05, 4.69) is 10.1 Å². The lowest BCUT2D eigenvalue weighted by molar-refractivity contribution is -0.191. The van der Waals surface area contributed by atoms with Gasteiger partial charge in [0, 0.05) is 47.3 Å². The number of likely N-dealkylation sites (tertiary alicyclic amines) is 1. The minimum Gasteiger partial charge on any atom is -0.482 e. The molecule has 0 radical (unpaired) electrons. The van der Waals surface area contributed by atoms with Crippen molar-refractivity contribution in [3.8, 4) is 16.9 Å². The predicted molar refractivity (Wildman–Crippen MR) is 211 cm³/mol. The van der Waals surface area contributed by atoms with E-state index in [1.165, 1.54) is 12.3 Å². The molecular formula is C40H52Cl2FN5O9. The minimum absolute atomic E-state index is 0.0894. The van der Waals surface area contributed by atoms with E-state index in [1.54, 1.807) is 76.5 Å². The van der Waals surface area contributed by atoms with E-state index in [9.17, 15) is 18.8 Å². The maximum atomic E-state index is 14.7. The maximum absolute atomic E-state index is 14.7. The summed E-state index contributed by atoms with van der Waals surface area (Å²) in [4.78, 5) is 47.4. The van der Waals surface area contributed by atoms with Gasteiger partial charge >= 0.3 is 18.3 Å². The zero-order valence-corrected chi connectivity index (χ0v) is 35.6. The number of hydrogen-bond donors (Lipinski definition) is 0. The molecule has 2 fully saturated rings. The van der Waals surface area contributed by atoms with Gasteiger partial charge < -0.3 is 33.3 Å². The molecule has 3 unspecified atom stereocenters. The van der Waals surface area contributed by atoms with Crippen LogP contribution >= 0.6 is 23.2 Å². The second-order valence-corrected chi connectivity index (χ2v) is 17.8. The number of amides is 3. The molecule has 0 N–H and O–H groups in total. The number of pyridine rings is 1. The number of rotatable bonds is 8. The molecule has 2 aliphatic rings. The number of hydrogen-bond acceptors (Lipinski definition) is 11. The third-order valence-electron chi connectivity index (χ3n) is 8.61. The highest BCUT2D eigenvalue weighted by Crippen LogP contribution is 2.40. The molecular weight excluding hydrogens is 784 g/mol. The number of halogens is 3. The number of anilines is 1. The summed E-state index contributed by atoms with van der Waals surface area (Å²) in [5, 5.41) is 4.54. The maximum Gasteiger partial charge on any atom is 0.425 e. The van der Waals surface area contributed by atoms with Crippen molar-refractivity contribution >= 4 is 47.3 Å². The topological polar surface area (TPSA) is 144 Å². The Morgan fingerprint density at radius 3 is 2.16 bits per heavy atom. The van der Waals surface area contributed by atoms with Gasteiger partial charge in [0.1, 0.15) is 34.8 Å². The first kappa shape index (κ1) is 43.9. The first-order chi connectivity index (χ1) is 26.5. The molecule has 312 valence electrons. The highest BCUT2D eigenvalue weighted by Gasteiger charge is 2.42. The summed E-state index contributed by atoms with van der Waals surface area (Å²) in [6.45, 7) is 18.0. The van der Waals surface area contributed by atoms with Crippen LogP contribution in [-0.4, -0.2) is 86.8 Å². The van der Waals surface area contributed by atoms with Gasteiger partial charge in [-0.05, 0) is 107 Å². The van der Waals surface area contributed by atoms with Gasteiger partial charge in [-0.15, -0.1) is 0 Å². The van der Waals surface area contributed by atoms with Crippen LogP contribution in [0, 0.1) is 5.82 Å². The summed E-state index contributed by atoms with van der Waals surface area (Å²) in [7, 11) is 0. The number of benzene rings is 1. The van der Waals surface area contributed by atoms with E-state index in [-0.39, 0.29) is 40.3 Å². The molecule has 57 heavy (non-hydrogen) atoms. The molecule has 4 heterocycles. The van der Waals surface area contributed by atoms with Gasteiger partial charge in [0.2, 0.25) is 0 Å². The lowest BCUT2D eigenvalue weighted by Gasteiger charge is -2.29. The summed E-state index contributed by atoms with van der Waals surface area (Å²) < 4.78 is 51.9. The molecule has 1 aromatic carbocycles. The fourth-order valence-corrected chi connectivity index (χ4v) is 6.86. The van der Waals surface area contributed by atoms with Gasteiger partial charge in [-0.3, -0.25) is 4.68 Å². The van der Waals surface area contributed by atoms with Crippen LogP contribution in [0.5, 0.6) is 5.75 Å². The second kappa shape index (κ2) is 17.4. The molecule has 0 saturated carbocycles. The standard InChI is InChI=1S/C40H52Cl2FN5O9/c1-23(32-26(41)14-15-27(43)33(32)42)53-29-17-24(18-44-34(29)48(36(50)56-39(5,6)7)37(51)57-40(8,9)10)25-19-45-47(20-25)28-21-46(35(49)55-38(2,3)4)22-30(28)54-31-13-11-12-16-52-31/h14-15,17-20,23,28,30-31H,11-13,16,21-22H2,1-10H3/t23-,28?,30?,31?/m1/s1. The number of imide groups is 1. The van der Waals surface area contributed by atoms with Crippen molar-refractivity contribution in [2.45, 2.75) is 130 Å². The van der Waals surface area contributed by atoms with Gasteiger partial charge in [0.15, 0.2) is 17.9 Å². The van der Waals surface area contributed by atoms with Crippen LogP contribution in [0.4, 0.5) is 24.6 Å². The Morgan fingerprint density at radius 1 is 0.912 bits per heavy atom. The zero-order valence-electron chi connectivity index (χ0n) is 34.1. The number of aromatic nitrogens is 3. The fourth-order valence-electron chi connectivity index (χ4n) is 6.18. The second-order valence-electron chi connectivity index (χ2n) is 17.0. The Kier molecular flexibility index (Phi) is 13.4. The van der Waals surface area contributed by atoms with Crippen molar-refractivity contribution in [1.82, 2.24) is 19.7 Å². The first-order valence-corrected chi connectivity index (χ1v) is 19.6. The molecule has 5 rings (SSSR count). The molecule has 4 atom stereocenters. The highest BCUT2D eigenvalue weighted by molar-refractivity contribution is 6.36. The normalized spacial score (nSPS) is 19.5. The number of carbonyl (C=O) groups excluding carboxylic acids is 3. The molecule has 2 saturated heterocycles. The molecule has 3 amide bonds. The molecule has 0 bridgehead atoms. The Bertz CT molecular complexity index is 1910. The number of ether oxygens (including phenoxy) is 6. The zero-order chi connectivity index (χ0) is 42.0. The SMILES string of the molecule is C[C@@H](Oc1cc(-c2cnn(C3CN(C(=O)OC(C)(C)C)CC3OC3CCCCO3)c2)cnc1N(C(=O)OC(C)(C)C)C(=O)OC(C)(C)C)c1c(Cl)ccc(F)c1Cl. The van der Waals surface area contributed by atoms with Gasteiger partial charge in [-0.1, -0.05) is 23.2 Å². The van der Waals surface area contributed by atoms with E-state index in [0.717, 1.165) is 25.3 Å². The third kappa shape index (κ3) is 11.5. The average Bonchev–Trinajstić information content (AvgIpc) is 3.73. The van der Waals surface area contributed by atoms with Gasteiger partial charge in [0.05, 0.1) is 23.8 Å². The van der Waals surface area contributed by atoms with E-state index in [0.29, 0.717) is 22.6 Å². The van der Waals surface area contributed by atoms with Crippen molar-refractivity contribution in [2.24, 2.45) is 0 Å². The first-order valence-electron chi connectivity index (χ1n) is 18.9. The van der Waals surface area contributed by atoms with Crippen molar-refractivity contribution in [1.29, 1.82) is 0 Å². The minimum atomic E-state index is -1.08. The smallest absolute Gasteiger partial charge is 0.425 e. The summed E-state index contributed by atoms with van der Waals surface area (Å²) in [6.07, 6.45) is 2.93. The molecule has 3 aromatic rings. The van der Waals surface area contributed by atoms with Gasteiger partial charge in [0.25, 0.3) is 0 Å². The molecule has 0 aliphatic carbocycles. The van der Waals surface area contributed by atoms with Crippen LogP contribution in [0.1, 0.15) is 106 Å². The Morgan fingerprint density at radius 2 is 1.56 bits per heavy atom. The van der Waals surface area contributed by atoms with Crippen LogP contribution in [0.25, 0.3) is 11.1 Å². The summed E-state index contributed by atoms with van der Waals surface area (Å²) >= 11 is 12.8. The average molecular weight is 837 g/mol. The summed E-state index contributed by atoms with van der Waals surface area (Å²) in [5.74, 6) is -1.08. The highest BCUT2D eigenvalue weighted by atomic mass is 35.5. The van der Waals surface area contributed by atoms with Crippen LogP contribution in [-0.2, 0) is 23.7 Å². The predicted octanol–water partition coefficient (Wildman–Crippen LogP) is 9.91. The van der Waals surface area contributed by atoms with Crippen molar-refractivity contribution in [3.63, 3.8) is 0 Å². The lowest BCUT2D eigenvalue weighted by atomic mass is 10.1. The van der Waals surface area contributed by atoms with Gasteiger partial charge in [-0.25, -0.2) is 23.8 Å². The van der Waals surface area contributed by atoms with Crippen molar-refractivity contribution < 1.29 is 47.2 Å². The largest absolute Gasteiger partial charge is 0.482 e. The number of nitrogens with zero attached hydrogens (tertiary/aromatic N) is 5. The van der Waals surface area contributed by atoms with E-state index >= 15 is 0 Å². The van der Waals surface area contributed by atoms with Crippen LogP contribution in [0.15, 0.2) is 36.8 Å². The van der Waals surface area contributed by atoms with Crippen molar-refractivity contribution in [3.05, 3.63) is 58.2 Å². The van der Waals surface area contributed by atoms with Crippen LogP contribution in [0.3, 0.4) is 0 Å². The Balaban J connectivity index is 1.56. The third-order valence-corrected chi connectivity index (χ3v) is 9.33. The molecule has 2 aliphatic heterocycles. The fraction of sp³-hybridized carbons (Fsp3) is 0.575. The van der Waals surface area contributed by atoms with E-state index < -0.39 is 65.4 Å². The molecule has 2 aromatic heterocycles. The van der Waals surface area contributed by atoms with Crippen molar-refractivity contribution in [2.75, 3.05) is 24.6 Å². The molecule has 17 heteroatoms. The Hall–Kier alpha value is -4.18. The van der Waals surface area contributed by atoms with E-state index in [4.69, 9.17) is 51.6 Å². The quantitative estimate of drug-likeness (QED) is 0.158. The Labute approximate surface area is 342 Å².